The largest absolute Gasteiger partial charge is 0.399 e. The summed E-state index contributed by atoms with van der Waals surface area (Å²) in [5.41, 5.74) is 9.84. The summed E-state index contributed by atoms with van der Waals surface area (Å²) in [5, 5.41) is 3.77. The highest BCUT2D eigenvalue weighted by Gasteiger charge is 2.34. The molecule has 16 heavy (non-hydrogen) atoms. The SMILES string of the molecule is Nc1ccc2c(c1)NC1(CCCCC1)CC2. The Morgan fingerprint density at radius 1 is 1.06 bits per heavy atom. The fraction of sp³-hybridized carbons (Fsp3) is 0.571. The lowest BCUT2D eigenvalue weighted by molar-refractivity contribution is 0.298. The summed E-state index contributed by atoms with van der Waals surface area (Å²) in [6.45, 7) is 0. The Bertz CT molecular complexity index is 392. The number of benzene rings is 1. The van der Waals surface area contributed by atoms with Gasteiger partial charge in [-0.15, -0.1) is 0 Å². The standard InChI is InChI=1S/C14H20N2/c15-12-5-4-11-6-9-14(16-13(11)10-12)7-2-1-3-8-14/h4-5,10,16H,1-3,6-9,15H2. The van der Waals surface area contributed by atoms with Gasteiger partial charge < -0.3 is 11.1 Å². The van der Waals surface area contributed by atoms with Crippen LogP contribution in [0.15, 0.2) is 18.2 Å². The van der Waals surface area contributed by atoms with E-state index in [1.54, 1.807) is 0 Å². The van der Waals surface area contributed by atoms with Crippen LogP contribution in [0.1, 0.15) is 44.1 Å². The van der Waals surface area contributed by atoms with E-state index in [-0.39, 0.29) is 0 Å². The van der Waals surface area contributed by atoms with E-state index in [1.165, 1.54) is 56.2 Å². The van der Waals surface area contributed by atoms with Crippen molar-refractivity contribution in [1.29, 1.82) is 0 Å². The molecule has 1 spiro atoms. The Morgan fingerprint density at radius 2 is 1.88 bits per heavy atom. The molecule has 0 radical (unpaired) electrons. The molecule has 1 fully saturated rings. The van der Waals surface area contributed by atoms with E-state index in [4.69, 9.17) is 5.73 Å². The smallest absolute Gasteiger partial charge is 0.0397 e. The Hall–Kier alpha value is -1.18. The van der Waals surface area contributed by atoms with Crippen LogP contribution in [-0.2, 0) is 6.42 Å². The third-order valence-electron chi connectivity index (χ3n) is 4.22. The van der Waals surface area contributed by atoms with Crippen molar-refractivity contribution in [3.63, 3.8) is 0 Å². The van der Waals surface area contributed by atoms with Gasteiger partial charge in [-0.05, 0) is 43.4 Å². The highest BCUT2D eigenvalue weighted by Crippen LogP contribution is 2.40. The minimum Gasteiger partial charge on any atom is -0.399 e. The molecule has 1 aliphatic carbocycles. The van der Waals surface area contributed by atoms with Gasteiger partial charge in [-0.1, -0.05) is 25.3 Å². The number of nitrogens with two attached hydrogens (primary N) is 1. The average Bonchev–Trinajstić information content (AvgIpc) is 2.29. The topological polar surface area (TPSA) is 38.0 Å². The van der Waals surface area contributed by atoms with Crippen molar-refractivity contribution < 1.29 is 0 Å². The predicted molar refractivity (Wildman–Crippen MR) is 68.6 cm³/mol. The summed E-state index contributed by atoms with van der Waals surface area (Å²) in [4.78, 5) is 0. The van der Waals surface area contributed by atoms with Gasteiger partial charge in [0.15, 0.2) is 0 Å². The maximum Gasteiger partial charge on any atom is 0.0397 e. The first-order valence-electron chi connectivity index (χ1n) is 6.44. The van der Waals surface area contributed by atoms with Crippen LogP contribution in [0.4, 0.5) is 11.4 Å². The summed E-state index contributed by atoms with van der Waals surface area (Å²) < 4.78 is 0. The summed E-state index contributed by atoms with van der Waals surface area (Å²) in [7, 11) is 0. The van der Waals surface area contributed by atoms with Gasteiger partial charge in [-0.3, -0.25) is 0 Å². The second-order valence-electron chi connectivity index (χ2n) is 5.38. The van der Waals surface area contributed by atoms with Gasteiger partial charge in [-0.25, -0.2) is 0 Å². The molecule has 2 aliphatic rings. The lowest BCUT2D eigenvalue weighted by Crippen LogP contribution is -2.43. The molecule has 3 N–H and O–H groups in total. The number of fused-ring (bicyclic) bond motifs is 1. The van der Waals surface area contributed by atoms with Crippen molar-refractivity contribution >= 4 is 11.4 Å². The molecule has 1 aromatic rings. The molecule has 0 amide bonds. The fourth-order valence-corrected chi connectivity index (χ4v) is 3.25. The molecule has 0 aromatic heterocycles. The van der Waals surface area contributed by atoms with E-state index >= 15 is 0 Å². The Morgan fingerprint density at radius 3 is 2.69 bits per heavy atom. The molecule has 86 valence electrons. The van der Waals surface area contributed by atoms with E-state index in [9.17, 15) is 0 Å². The molecule has 1 aromatic carbocycles. The molecular weight excluding hydrogens is 196 g/mol. The Kier molecular flexibility index (Phi) is 2.31. The molecule has 0 atom stereocenters. The van der Waals surface area contributed by atoms with Gasteiger partial charge >= 0.3 is 0 Å². The molecule has 3 rings (SSSR count). The molecule has 0 saturated heterocycles. The van der Waals surface area contributed by atoms with Gasteiger partial charge in [0.25, 0.3) is 0 Å². The zero-order valence-corrected chi connectivity index (χ0v) is 9.76. The summed E-state index contributed by atoms with van der Waals surface area (Å²) in [5.74, 6) is 0. The van der Waals surface area contributed by atoms with Crippen molar-refractivity contribution in [3.8, 4) is 0 Å². The van der Waals surface area contributed by atoms with Crippen LogP contribution >= 0.6 is 0 Å². The zero-order chi connectivity index (χ0) is 11.0. The van der Waals surface area contributed by atoms with Crippen molar-refractivity contribution in [2.24, 2.45) is 0 Å². The number of rotatable bonds is 0. The van der Waals surface area contributed by atoms with E-state index < -0.39 is 0 Å². The van der Waals surface area contributed by atoms with Crippen molar-refractivity contribution in [2.45, 2.75) is 50.5 Å². The highest BCUT2D eigenvalue weighted by molar-refractivity contribution is 5.62. The molecule has 2 heteroatoms. The number of hydrogen-bond donors (Lipinski definition) is 2. The third kappa shape index (κ3) is 1.66. The zero-order valence-electron chi connectivity index (χ0n) is 9.76. The number of nitrogens with one attached hydrogen (secondary N) is 1. The lowest BCUT2D eigenvalue weighted by Gasteiger charge is -2.43. The van der Waals surface area contributed by atoms with E-state index in [2.05, 4.69) is 17.4 Å². The minimum atomic E-state index is 0.388. The molecule has 1 heterocycles. The van der Waals surface area contributed by atoms with Crippen molar-refractivity contribution in [1.82, 2.24) is 0 Å². The first-order chi connectivity index (χ1) is 7.77. The van der Waals surface area contributed by atoms with E-state index in [1.807, 2.05) is 6.07 Å². The van der Waals surface area contributed by atoms with Gasteiger partial charge in [0.2, 0.25) is 0 Å². The van der Waals surface area contributed by atoms with Gasteiger partial charge in [0.1, 0.15) is 0 Å². The Labute approximate surface area is 97.2 Å². The highest BCUT2D eigenvalue weighted by atomic mass is 15.0. The summed E-state index contributed by atoms with van der Waals surface area (Å²) in [6, 6.07) is 6.29. The van der Waals surface area contributed by atoms with E-state index in [0.29, 0.717) is 5.54 Å². The van der Waals surface area contributed by atoms with Crippen molar-refractivity contribution in [3.05, 3.63) is 23.8 Å². The third-order valence-corrected chi connectivity index (χ3v) is 4.22. The fourth-order valence-electron chi connectivity index (χ4n) is 3.25. The van der Waals surface area contributed by atoms with E-state index in [0.717, 1.165) is 5.69 Å². The molecule has 0 bridgehead atoms. The van der Waals surface area contributed by atoms with Crippen LogP contribution < -0.4 is 11.1 Å². The normalized spacial score (nSPS) is 22.5. The number of hydrogen-bond acceptors (Lipinski definition) is 2. The first-order valence-corrected chi connectivity index (χ1v) is 6.44. The quantitative estimate of drug-likeness (QED) is 0.653. The summed E-state index contributed by atoms with van der Waals surface area (Å²) >= 11 is 0. The minimum absolute atomic E-state index is 0.388. The maximum absolute atomic E-state index is 5.86. The number of anilines is 2. The first kappa shape index (κ1) is 10.0. The second-order valence-corrected chi connectivity index (χ2v) is 5.38. The predicted octanol–water partition coefficient (Wildman–Crippen LogP) is 3.33. The van der Waals surface area contributed by atoms with Gasteiger partial charge in [0, 0.05) is 16.9 Å². The molecule has 2 nitrogen and oxygen atoms in total. The van der Waals surface area contributed by atoms with Crippen LogP contribution in [0.3, 0.4) is 0 Å². The van der Waals surface area contributed by atoms with Crippen LogP contribution in [0.2, 0.25) is 0 Å². The molecule has 0 unspecified atom stereocenters. The van der Waals surface area contributed by atoms with Crippen LogP contribution in [0, 0.1) is 0 Å². The van der Waals surface area contributed by atoms with Gasteiger partial charge in [0.05, 0.1) is 0 Å². The van der Waals surface area contributed by atoms with Crippen molar-refractivity contribution in [2.75, 3.05) is 11.1 Å². The van der Waals surface area contributed by atoms with Crippen LogP contribution in [-0.4, -0.2) is 5.54 Å². The van der Waals surface area contributed by atoms with Gasteiger partial charge in [-0.2, -0.15) is 0 Å². The number of aryl methyl sites for hydroxylation is 1. The number of nitrogen functional groups attached to an aromatic ring is 1. The molecule has 1 saturated carbocycles. The Balaban J connectivity index is 1.89. The second kappa shape index (κ2) is 3.69. The monoisotopic (exact) mass is 216 g/mol. The molecule has 1 aliphatic heterocycles. The van der Waals surface area contributed by atoms with Crippen LogP contribution in [0.5, 0.6) is 0 Å². The van der Waals surface area contributed by atoms with Crippen LogP contribution in [0.25, 0.3) is 0 Å². The molecular formula is C14H20N2. The average molecular weight is 216 g/mol. The summed E-state index contributed by atoms with van der Waals surface area (Å²) in [6.07, 6.45) is 9.34. The lowest BCUT2D eigenvalue weighted by atomic mass is 9.75. The maximum atomic E-state index is 5.86.